The van der Waals surface area contributed by atoms with Crippen molar-refractivity contribution in [3.8, 4) is 5.75 Å². The largest absolute Gasteiger partial charge is 0.508 e. The highest BCUT2D eigenvalue weighted by Crippen LogP contribution is 2.36. The fourth-order valence-corrected chi connectivity index (χ4v) is 3.47. The van der Waals surface area contributed by atoms with E-state index in [2.05, 4.69) is 0 Å². The summed E-state index contributed by atoms with van der Waals surface area (Å²) >= 11 is 12.4. The van der Waals surface area contributed by atoms with Crippen molar-refractivity contribution in [2.24, 2.45) is 0 Å². The number of anilines is 1. The summed E-state index contributed by atoms with van der Waals surface area (Å²) in [4.78, 5) is 14.5. The van der Waals surface area contributed by atoms with Crippen LogP contribution in [0.2, 0.25) is 5.02 Å². The van der Waals surface area contributed by atoms with E-state index in [1.165, 1.54) is 16.7 Å². The zero-order valence-electron chi connectivity index (χ0n) is 11.2. The number of thiocarbonyl (C=S) groups is 1. The number of hydrogen-bond acceptors (Lipinski definition) is 4. The molecule has 2 aromatic carbocycles. The van der Waals surface area contributed by atoms with Crippen LogP contribution in [0.5, 0.6) is 5.75 Å². The molecule has 0 saturated carbocycles. The average Bonchev–Trinajstić information content (AvgIpc) is 2.75. The number of phenols is 1. The molecule has 1 saturated heterocycles. The second kappa shape index (κ2) is 6.12. The maximum atomic E-state index is 12.5. The number of rotatable bonds is 2. The Morgan fingerprint density at radius 1 is 1.18 bits per heavy atom. The minimum atomic E-state index is -0.180. The van der Waals surface area contributed by atoms with Crippen molar-refractivity contribution in [1.29, 1.82) is 0 Å². The third-order valence-corrected chi connectivity index (χ3v) is 4.60. The molecule has 1 fully saturated rings. The smallest absolute Gasteiger partial charge is 0.270 e. The van der Waals surface area contributed by atoms with Gasteiger partial charge in [0, 0.05) is 5.02 Å². The van der Waals surface area contributed by atoms with Crippen LogP contribution in [0, 0.1) is 0 Å². The number of nitrogens with zero attached hydrogens (tertiary/aromatic N) is 1. The van der Waals surface area contributed by atoms with Gasteiger partial charge in [0.25, 0.3) is 5.91 Å². The molecular weight excluding hydrogens is 338 g/mol. The number of amides is 1. The summed E-state index contributed by atoms with van der Waals surface area (Å²) in [5.41, 5.74) is 1.43. The van der Waals surface area contributed by atoms with Gasteiger partial charge in [0.05, 0.1) is 10.6 Å². The Labute approximate surface area is 142 Å². The van der Waals surface area contributed by atoms with E-state index >= 15 is 0 Å². The lowest BCUT2D eigenvalue weighted by Crippen LogP contribution is -2.27. The molecule has 3 rings (SSSR count). The first-order valence-corrected chi connectivity index (χ1v) is 7.97. The quantitative estimate of drug-likeness (QED) is 0.643. The highest BCUT2D eigenvalue weighted by Gasteiger charge is 2.33. The molecule has 22 heavy (non-hydrogen) atoms. The predicted molar refractivity (Wildman–Crippen MR) is 95.2 cm³/mol. The van der Waals surface area contributed by atoms with Gasteiger partial charge in [0.2, 0.25) is 0 Å². The third-order valence-electron chi connectivity index (χ3n) is 3.05. The molecule has 1 heterocycles. The summed E-state index contributed by atoms with van der Waals surface area (Å²) in [6, 6.07) is 13.7. The number of aromatic hydroxyl groups is 1. The van der Waals surface area contributed by atoms with Crippen molar-refractivity contribution in [2.75, 3.05) is 4.90 Å². The van der Waals surface area contributed by atoms with Gasteiger partial charge >= 0.3 is 0 Å². The second-order valence-corrected chi connectivity index (χ2v) is 6.70. The maximum Gasteiger partial charge on any atom is 0.270 e. The molecule has 2 aromatic rings. The van der Waals surface area contributed by atoms with E-state index in [1.54, 1.807) is 48.5 Å². The lowest BCUT2D eigenvalue weighted by molar-refractivity contribution is -0.113. The summed E-state index contributed by atoms with van der Waals surface area (Å²) in [5.74, 6) is -0.0254. The molecule has 0 aliphatic carbocycles. The summed E-state index contributed by atoms with van der Waals surface area (Å²) in [7, 11) is 0. The maximum absolute atomic E-state index is 12.5. The normalized spacial score (nSPS) is 16.6. The van der Waals surface area contributed by atoms with Gasteiger partial charge in [-0.05, 0) is 48.0 Å². The molecule has 0 aromatic heterocycles. The molecule has 1 aliphatic rings. The van der Waals surface area contributed by atoms with Crippen molar-refractivity contribution in [1.82, 2.24) is 0 Å². The first kappa shape index (κ1) is 15.1. The monoisotopic (exact) mass is 347 g/mol. The van der Waals surface area contributed by atoms with Crippen LogP contribution in [0.4, 0.5) is 5.69 Å². The number of carbonyl (C=O) groups is 1. The Kier molecular flexibility index (Phi) is 4.20. The lowest BCUT2D eigenvalue weighted by atomic mass is 10.2. The average molecular weight is 348 g/mol. The van der Waals surface area contributed by atoms with Crippen molar-refractivity contribution in [3.05, 3.63) is 64.0 Å². The van der Waals surface area contributed by atoms with Gasteiger partial charge in [-0.1, -0.05) is 47.7 Å². The fraction of sp³-hybridized carbons (Fsp3) is 0. The lowest BCUT2D eigenvalue weighted by Gasteiger charge is -2.14. The Bertz CT molecular complexity index is 787. The van der Waals surface area contributed by atoms with Crippen LogP contribution in [0.1, 0.15) is 5.56 Å². The van der Waals surface area contributed by atoms with E-state index in [0.29, 0.717) is 19.9 Å². The zero-order valence-corrected chi connectivity index (χ0v) is 13.6. The number of carbonyl (C=O) groups excluding carboxylic acids is 1. The van der Waals surface area contributed by atoms with E-state index in [4.69, 9.17) is 23.8 Å². The highest BCUT2D eigenvalue weighted by molar-refractivity contribution is 8.27. The van der Waals surface area contributed by atoms with Gasteiger partial charge in [-0.25, -0.2) is 0 Å². The van der Waals surface area contributed by atoms with Gasteiger partial charge in [-0.3, -0.25) is 9.69 Å². The van der Waals surface area contributed by atoms with Gasteiger partial charge in [0.1, 0.15) is 5.75 Å². The molecule has 1 N–H and O–H groups in total. The van der Waals surface area contributed by atoms with Crippen molar-refractivity contribution in [2.45, 2.75) is 0 Å². The molecule has 0 atom stereocenters. The van der Waals surface area contributed by atoms with Crippen LogP contribution >= 0.6 is 35.6 Å². The van der Waals surface area contributed by atoms with Crippen molar-refractivity contribution in [3.63, 3.8) is 0 Å². The minimum Gasteiger partial charge on any atom is -0.508 e. The Hall–Kier alpha value is -1.82. The number of hydrogen-bond donors (Lipinski definition) is 1. The van der Waals surface area contributed by atoms with Crippen LogP contribution in [0.25, 0.3) is 6.08 Å². The van der Waals surface area contributed by atoms with Crippen molar-refractivity contribution >= 4 is 57.6 Å². The first-order chi connectivity index (χ1) is 10.5. The molecule has 0 radical (unpaired) electrons. The van der Waals surface area contributed by atoms with E-state index in [1.807, 2.05) is 6.07 Å². The molecule has 1 amide bonds. The summed E-state index contributed by atoms with van der Waals surface area (Å²) in [5, 5.41) is 10.1. The van der Waals surface area contributed by atoms with Crippen LogP contribution in [0.15, 0.2) is 53.4 Å². The molecular formula is C16H10ClNO2S2. The Morgan fingerprint density at radius 3 is 2.59 bits per heavy atom. The van der Waals surface area contributed by atoms with E-state index in [0.717, 1.165) is 5.56 Å². The Morgan fingerprint density at radius 2 is 1.91 bits per heavy atom. The summed E-state index contributed by atoms with van der Waals surface area (Å²) in [6.45, 7) is 0. The van der Waals surface area contributed by atoms with E-state index < -0.39 is 0 Å². The number of halogens is 1. The molecule has 0 unspecified atom stereocenters. The fourth-order valence-electron chi connectivity index (χ4n) is 2.05. The number of thioether (sulfide) groups is 1. The first-order valence-electron chi connectivity index (χ1n) is 6.37. The summed E-state index contributed by atoms with van der Waals surface area (Å²) < 4.78 is 0.471. The summed E-state index contributed by atoms with van der Waals surface area (Å²) in [6.07, 6.45) is 1.72. The minimum absolute atomic E-state index is 0.155. The topological polar surface area (TPSA) is 40.5 Å². The second-order valence-electron chi connectivity index (χ2n) is 4.59. The van der Waals surface area contributed by atoms with Gasteiger partial charge in [-0.15, -0.1) is 0 Å². The van der Waals surface area contributed by atoms with E-state index in [9.17, 15) is 9.90 Å². The molecule has 0 bridgehead atoms. The Balaban J connectivity index is 1.93. The van der Waals surface area contributed by atoms with E-state index in [-0.39, 0.29) is 11.7 Å². The zero-order chi connectivity index (χ0) is 15.7. The SMILES string of the molecule is O=C1/C(=C\c2cccc(O)c2)SC(=S)N1c1ccc(Cl)cc1. The third kappa shape index (κ3) is 3.02. The van der Waals surface area contributed by atoms with Crippen LogP contribution in [0.3, 0.4) is 0 Å². The molecule has 0 spiro atoms. The van der Waals surface area contributed by atoms with Gasteiger partial charge < -0.3 is 5.11 Å². The predicted octanol–water partition coefficient (Wildman–Crippen LogP) is 4.45. The van der Waals surface area contributed by atoms with Crippen LogP contribution < -0.4 is 4.90 Å². The highest BCUT2D eigenvalue weighted by atomic mass is 35.5. The number of phenolic OH excluding ortho intramolecular Hbond substituents is 1. The van der Waals surface area contributed by atoms with Crippen molar-refractivity contribution < 1.29 is 9.90 Å². The molecule has 3 nitrogen and oxygen atoms in total. The molecule has 110 valence electrons. The van der Waals surface area contributed by atoms with Crippen LogP contribution in [-0.4, -0.2) is 15.3 Å². The standard InChI is InChI=1S/C16H10ClNO2S2/c17-11-4-6-12(7-5-11)18-15(20)14(22-16(18)21)9-10-2-1-3-13(19)8-10/h1-9,19H/b14-9+. The number of benzene rings is 2. The molecule has 1 aliphatic heterocycles. The van der Waals surface area contributed by atoms with Gasteiger partial charge in [-0.2, -0.15) is 0 Å². The van der Waals surface area contributed by atoms with Crippen LogP contribution in [-0.2, 0) is 4.79 Å². The molecule has 6 heteroatoms. The van der Waals surface area contributed by atoms with Gasteiger partial charge in [0.15, 0.2) is 4.32 Å².